The molecule has 15 heteroatoms. The summed E-state index contributed by atoms with van der Waals surface area (Å²) in [7, 11) is 4.34. The summed E-state index contributed by atoms with van der Waals surface area (Å²) in [6.45, 7) is 7.55. The molecule has 0 unspecified atom stereocenters. The number of likely N-dealkylation sites (N-methyl/N-ethyl adjacent to an activating group) is 1. The molecule has 1 aliphatic rings. The molecule has 254 valence electrons. The first-order chi connectivity index (χ1) is 21.5. The van der Waals surface area contributed by atoms with Gasteiger partial charge >= 0.3 is 29.8 Å². The van der Waals surface area contributed by atoms with Crippen molar-refractivity contribution < 1.29 is 62.0 Å². The van der Waals surface area contributed by atoms with Crippen LogP contribution in [0.4, 0.5) is 0 Å². The van der Waals surface area contributed by atoms with Gasteiger partial charge in [-0.05, 0) is 51.2 Å². The number of hydrogen-bond donors (Lipinski definition) is 1. The van der Waals surface area contributed by atoms with Gasteiger partial charge in [-0.2, -0.15) is 0 Å². The minimum Gasteiger partial charge on any atom is -0.467 e. The van der Waals surface area contributed by atoms with Crippen molar-refractivity contribution in [3.05, 3.63) is 28.8 Å². The minimum atomic E-state index is -1.96. The first kappa shape index (κ1) is 37.8. The number of aryl methyl sites for hydroxylation is 2. The van der Waals surface area contributed by atoms with Crippen LogP contribution < -0.4 is 10.1 Å². The molecule has 1 heterocycles. The van der Waals surface area contributed by atoms with Gasteiger partial charge in [-0.25, -0.2) is 4.79 Å². The molecule has 0 saturated carbocycles. The summed E-state index contributed by atoms with van der Waals surface area (Å²) in [6.07, 6.45) is -5.70. The molecule has 0 aliphatic carbocycles. The molecule has 15 nitrogen and oxygen atoms in total. The lowest BCUT2D eigenvalue weighted by Gasteiger charge is -2.50. The largest absolute Gasteiger partial charge is 0.467 e. The van der Waals surface area contributed by atoms with E-state index in [9.17, 15) is 33.6 Å². The third-order valence-electron chi connectivity index (χ3n) is 7.24. The lowest BCUT2D eigenvalue weighted by molar-refractivity contribution is -0.248. The van der Waals surface area contributed by atoms with Crippen LogP contribution >= 0.6 is 0 Å². The van der Waals surface area contributed by atoms with Crippen molar-refractivity contribution in [1.29, 1.82) is 0 Å². The third-order valence-corrected chi connectivity index (χ3v) is 7.24. The molecule has 1 amide bonds. The van der Waals surface area contributed by atoms with Crippen molar-refractivity contribution in [3.8, 4) is 5.75 Å². The van der Waals surface area contributed by atoms with Gasteiger partial charge in [0.2, 0.25) is 0 Å². The Balaban J connectivity index is 2.61. The summed E-state index contributed by atoms with van der Waals surface area (Å²) in [5.74, 6) is -4.07. The predicted octanol–water partition coefficient (Wildman–Crippen LogP) is 0.974. The van der Waals surface area contributed by atoms with Crippen molar-refractivity contribution >= 4 is 42.0 Å². The zero-order chi connectivity index (χ0) is 34.9. The van der Waals surface area contributed by atoms with E-state index >= 15 is 0 Å². The molecule has 0 spiro atoms. The van der Waals surface area contributed by atoms with E-state index in [-0.39, 0.29) is 12.0 Å². The number of methoxy groups -OCH3 is 1. The monoisotopic (exact) mass is 650 g/mol. The molecule has 1 aromatic carbocycles. The molecule has 0 bridgehead atoms. The minimum absolute atomic E-state index is 0.196. The number of carbonyl (C=O) groups is 7. The lowest BCUT2D eigenvalue weighted by Crippen LogP contribution is -2.68. The van der Waals surface area contributed by atoms with Gasteiger partial charge in [-0.1, -0.05) is 0 Å². The average molecular weight is 651 g/mol. The van der Waals surface area contributed by atoms with Crippen molar-refractivity contribution in [2.45, 2.75) is 90.4 Å². The molecule has 1 saturated heterocycles. The summed E-state index contributed by atoms with van der Waals surface area (Å²) in [4.78, 5) is 88.2. The Bertz CT molecular complexity index is 1320. The number of esters is 5. The molecular weight excluding hydrogens is 608 g/mol. The predicted molar refractivity (Wildman–Crippen MR) is 159 cm³/mol. The Labute approximate surface area is 267 Å². The van der Waals surface area contributed by atoms with Gasteiger partial charge < -0.3 is 43.4 Å². The molecule has 1 fully saturated rings. The third kappa shape index (κ3) is 9.57. The van der Waals surface area contributed by atoms with Crippen molar-refractivity contribution in [2.75, 3.05) is 27.7 Å². The van der Waals surface area contributed by atoms with Crippen LogP contribution in [0, 0.1) is 13.8 Å². The van der Waals surface area contributed by atoms with Gasteiger partial charge in [0.15, 0.2) is 17.8 Å². The van der Waals surface area contributed by atoms with Crippen LogP contribution in [0.5, 0.6) is 5.75 Å². The number of amides is 1. The molecule has 1 N–H and O–H groups in total. The fraction of sp³-hybridized carbons (Fsp3) is 0.581. The van der Waals surface area contributed by atoms with E-state index in [0.717, 1.165) is 21.0 Å². The highest BCUT2D eigenvalue weighted by atomic mass is 16.6. The number of aldehydes is 1. The Morgan fingerprint density at radius 3 is 2.02 bits per heavy atom. The number of benzene rings is 1. The van der Waals surface area contributed by atoms with E-state index in [2.05, 4.69) is 5.32 Å². The molecular formula is C31H42N2O13. The van der Waals surface area contributed by atoms with Crippen LogP contribution in [0.2, 0.25) is 0 Å². The summed E-state index contributed by atoms with van der Waals surface area (Å²) >= 11 is 0. The van der Waals surface area contributed by atoms with Gasteiger partial charge in [0.25, 0.3) is 5.91 Å². The maximum atomic E-state index is 13.3. The highest BCUT2D eigenvalue weighted by molar-refractivity contribution is 5.95. The second kappa shape index (κ2) is 16.3. The number of ether oxygens (including phenoxy) is 6. The van der Waals surface area contributed by atoms with Crippen LogP contribution in [-0.4, -0.2) is 111 Å². The van der Waals surface area contributed by atoms with Gasteiger partial charge in [0.1, 0.15) is 24.2 Å². The van der Waals surface area contributed by atoms with Crippen LogP contribution in [0.1, 0.15) is 62.0 Å². The fourth-order valence-electron chi connectivity index (χ4n) is 5.58. The summed E-state index contributed by atoms with van der Waals surface area (Å²) < 4.78 is 33.2. The highest BCUT2D eigenvalue weighted by Crippen LogP contribution is 2.39. The highest BCUT2D eigenvalue weighted by Gasteiger charge is 2.58. The number of nitrogens with one attached hydrogen (secondary N) is 1. The Kier molecular flexibility index (Phi) is 13.4. The maximum Gasteiger partial charge on any atom is 0.338 e. The average Bonchev–Trinajstić information content (AvgIpc) is 2.94. The molecule has 1 aliphatic heterocycles. The van der Waals surface area contributed by atoms with E-state index in [1.165, 1.54) is 26.0 Å². The molecule has 46 heavy (non-hydrogen) atoms. The van der Waals surface area contributed by atoms with Gasteiger partial charge in [0, 0.05) is 46.1 Å². The van der Waals surface area contributed by atoms with Crippen LogP contribution in [0.3, 0.4) is 0 Å². The van der Waals surface area contributed by atoms with Gasteiger partial charge in [-0.15, -0.1) is 0 Å². The molecule has 1 aromatic rings. The van der Waals surface area contributed by atoms with E-state index in [0.29, 0.717) is 23.2 Å². The molecule has 0 aromatic heterocycles. The smallest absolute Gasteiger partial charge is 0.338 e. The Hall–Kier alpha value is -4.37. The Morgan fingerprint density at radius 2 is 1.57 bits per heavy atom. The van der Waals surface area contributed by atoms with E-state index < -0.39 is 84.8 Å². The number of carbonyl (C=O) groups excluding carboxylic acids is 7. The second-order valence-corrected chi connectivity index (χ2v) is 11.2. The number of rotatable bonds is 13. The van der Waals surface area contributed by atoms with E-state index in [1.54, 1.807) is 32.8 Å². The SMILES string of the molecule is COC(=O)[C@@]1(CC=O)C[C@H](OC(C)=O)[C@@H](N(C)C)[C@H]([C@H](OC(C)=O)[C@@H](CNC(=O)c2cc(C)c(OC(C)=O)c(C)c2)OC(C)=O)O1. The molecule has 0 radical (unpaired) electrons. The molecule has 2 rings (SSSR count). The van der Waals surface area contributed by atoms with Crippen LogP contribution in [0.15, 0.2) is 12.1 Å². The van der Waals surface area contributed by atoms with Gasteiger partial charge in [0.05, 0.1) is 19.7 Å². The van der Waals surface area contributed by atoms with E-state index in [1.807, 2.05) is 0 Å². The van der Waals surface area contributed by atoms with Crippen molar-refractivity contribution in [1.82, 2.24) is 10.2 Å². The zero-order valence-electron chi connectivity index (χ0n) is 27.5. The first-order valence-corrected chi connectivity index (χ1v) is 14.4. The number of nitrogens with zero attached hydrogens (tertiary/aromatic N) is 1. The normalized spacial score (nSPS) is 22.1. The second-order valence-electron chi connectivity index (χ2n) is 11.2. The maximum absolute atomic E-state index is 13.3. The quantitative estimate of drug-likeness (QED) is 0.138. The summed E-state index contributed by atoms with van der Waals surface area (Å²) in [5.41, 5.74) is -0.730. The van der Waals surface area contributed by atoms with Crippen LogP contribution in [-0.2, 0) is 52.5 Å². The van der Waals surface area contributed by atoms with Crippen molar-refractivity contribution in [3.63, 3.8) is 0 Å². The van der Waals surface area contributed by atoms with Crippen molar-refractivity contribution in [2.24, 2.45) is 0 Å². The zero-order valence-corrected chi connectivity index (χ0v) is 27.5. The lowest BCUT2D eigenvalue weighted by atomic mass is 9.81. The number of hydrogen-bond acceptors (Lipinski definition) is 14. The van der Waals surface area contributed by atoms with Gasteiger partial charge in [-0.3, -0.25) is 24.0 Å². The molecule has 6 atom stereocenters. The van der Waals surface area contributed by atoms with Crippen LogP contribution in [0.25, 0.3) is 0 Å². The Morgan fingerprint density at radius 1 is 0.978 bits per heavy atom. The first-order valence-electron chi connectivity index (χ1n) is 14.4. The summed E-state index contributed by atoms with van der Waals surface area (Å²) in [5, 5.41) is 2.66. The standard InChI is InChI=1S/C31H42N2O13/c1-16-12-22(13-17(2)26(16)44-20(5)37)29(39)32-15-24(43-19(4)36)27(45-21(6)38)28-25(33(7)8)23(42-18(3)35)14-31(46-28,10-11-34)30(40)41-9/h11-13,23-25,27-28H,10,14-15H2,1-9H3,(H,32,39)/t23-,24+,25+,27+,28+,31+/m0/s1. The van der Waals surface area contributed by atoms with E-state index in [4.69, 9.17) is 28.4 Å². The topological polar surface area (TPSA) is 190 Å². The fourth-order valence-corrected chi connectivity index (χ4v) is 5.58. The summed E-state index contributed by atoms with van der Waals surface area (Å²) in [6, 6.07) is 2.10.